The van der Waals surface area contributed by atoms with E-state index in [4.69, 9.17) is 0 Å². The number of carbonyl (C=O) groups is 2. The number of amides is 2. The molecule has 0 saturated heterocycles. The maximum Gasteiger partial charge on any atom is 0.268 e. The van der Waals surface area contributed by atoms with Crippen molar-refractivity contribution < 1.29 is 9.59 Å². The van der Waals surface area contributed by atoms with E-state index in [1.807, 2.05) is 60.2 Å². The van der Waals surface area contributed by atoms with Gasteiger partial charge in [0.05, 0.1) is 10.2 Å². The van der Waals surface area contributed by atoms with Crippen LogP contribution in [0.5, 0.6) is 0 Å². The lowest BCUT2D eigenvalue weighted by atomic mass is 10.2. The smallest absolute Gasteiger partial charge is 0.268 e. The molecular weight excluding hydrogens is 382 g/mol. The SMILES string of the molecule is CCN(C(=O)Cn1c(C(=O)NC2CCCC2)cc2sccc21)c1ccccc1C. The van der Waals surface area contributed by atoms with Crippen LogP contribution < -0.4 is 10.2 Å². The number of aromatic nitrogens is 1. The van der Waals surface area contributed by atoms with Crippen LogP contribution in [0.15, 0.2) is 41.8 Å². The van der Waals surface area contributed by atoms with Crippen LogP contribution in [0.25, 0.3) is 10.2 Å². The maximum absolute atomic E-state index is 13.3. The topological polar surface area (TPSA) is 54.3 Å². The van der Waals surface area contributed by atoms with Gasteiger partial charge in [0, 0.05) is 18.3 Å². The Hall–Kier alpha value is -2.60. The summed E-state index contributed by atoms with van der Waals surface area (Å²) in [6, 6.07) is 12.1. The van der Waals surface area contributed by atoms with Gasteiger partial charge in [-0.2, -0.15) is 0 Å². The summed E-state index contributed by atoms with van der Waals surface area (Å²) < 4.78 is 2.91. The molecule has 4 rings (SSSR count). The fraction of sp³-hybridized carbons (Fsp3) is 0.391. The van der Waals surface area contributed by atoms with Crippen molar-refractivity contribution in [3.8, 4) is 0 Å². The zero-order chi connectivity index (χ0) is 20.4. The van der Waals surface area contributed by atoms with Gasteiger partial charge < -0.3 is 14.8 Å². The molecular formula is C23H27N3O2S. The summed E-state index contributed by atoms with van der Waals surface area (Å²) in [5.74, 6) is -0.0903. The van der Waals surface area contributed by atoms with Gasteiger partial charge in [-0.3, -0.25) is 9.59 Å². The van der Waals surface area contributed by atoms with Crippen LogP contribution in [-0.4, -0.2) is 29.0 Å². The molecule has 2 amide bonds. The molecule has 0 aliphatic heterocycles. The fourth-order valence-electron chi connectivity index (χ4n) is 4.23. The van der Waals surface area contributed by atoms with Gasteiger partial charge in [-0.05, 0) is 55.8 Å². The highest BCUT2D eigenvalue weighted by Crippen LogP contribution is 2.27. The number of hydrogen-bond acceptors (Lipinski definition) is 3. The van der Waals surface area contributed by atoms with E-state index in [9.17, 15) is 9.59 Å². The van der Waals surface area contributed by atoms with E-state index in [0.717, 1.165) is 34.3 Å². The minimum Gasteiger partial charge on any atom is -0.348 e. The first-order valence-corrected chi connectivity index (χ1v) is 11.2. The molecule has 0 atom stereocenters. The summed E-state index contributed by atoms with van der Waals surface area (Å²) in [5.41, 5.74) is 3.51. The molecule has 2 aromatic heterocycles. The van der Waals surface area contributed by atoms with Crippen molar-refractivity contribution in [1.82, 2.24) is 9.88 Å². The number of nitrogens with one attached hydrogen (secondary N) is 1. The Kier molecular flexibility index (Phi) is 5.72. The van der Waals surface area contributed by atoms with Gasteiger partial charge in [-0.15, -0.1) is 11.3 Å². The second-order valence-electron chi connectivity index (χ2n) is 7.67. The number of rotatable bonds is 6. The highest BCUT2D eigenvalue weighted by atomic mass is 32.1. The van der Waals surface area contributed by atoms with Crippen LogP contribution in [-0.2, 0) is 11.3 Å². The molecule has 0 radical (unpaired) electrons. The summed E-state index contributed by atoms with van der Waals surface area (Å²) in [5, 5.41) is 5.17. The number of anilines is 1. The van der Waals surface area contributed by atoms with Gasteiger partial charge in [-0.1, -0.05) is 31.0 Å². The number of hydrogen-bond donors (Lipinski definition) is 1. The number of likely N-dealkylation sites (N-methyl/N-ethyl adjacent to an activating group) is 1. The van der Waals surface area contributed by atoms with Crippen LogP contribution in [0.3, 0.4) is 0 Å². The Balaban J connectivity index is 1.62. The third-order valence-electron chi connectivity index (χ3n) is 5.76. The molecule has 3 aromatic rings. The second kappa shape index (κ2) is 8.41. The van der Waals surface area contributed by atoms with E-state index in [-0.39, 0.29) is 24.4 Å². The average molecular weight is 410 g/mol. The number of carbonyl (C=O) groups excluding carboxylic acids is 2. The molecule has 6 heteroatoms. The number of thiophene rings is 1. The predicted molar refractivity (Wildman–Crippen MR) is 119 cm³/mol. The van der Waals surface area contributed by atoms with E-state index in [2.05, 4.69) is 5.32 Å². The van der Waals surface area contributed by atoms with Crippen LogP contribution in [0, 0.1) is 6.92 Å². The average Bonchev–Trinajstić information content (AvgIpc) is 3.43. The number of benzene rings is 1. The van der Waals surface area contributed by atoms with Crippen LogP contribution in [0.1, 0.15) is 48.7 Å². The third kappa shape index (κ3) is 3.94. The minimum atomic E-state index is -0.0768. The van der Waals surface area contributed by atoms with E-state index in [1.54, 1.807) is 16.2 Å². The van der Waals surface area contributed by atoms with Gasteiger partial charge in [0.1, 0.15) is 12.2 Å². The Labute approximate surface area is 175 Å². The standard InChI is InChI=1S/C23H27N3O2S/c1-3-25(18-11-7-4-8-16(18)2)22(27)15-26-19-12-13-29-21(19)14-20(26)23(28)24-17-9-5-6-10-17/h4,7-8,11-14,17H,3,5-6,9-10,15H2,1-2H3,(H,24,28). The third-order valence-corrected chi connectivity index (χ3v) is 6.62. The van der Waals surface area contributed by atoms with Crippen molar-refractivity contribution in [2.45, 2.75) is 52.1 Å². The second-order valence-corrected chi connectivity index (χ2v) is 8.61. The Morgan fingerprint density at radius 1 is 1.21 bits per heavy atom. The Morgan fingerprint density at radius 2 is 1.97 bits per heavy atom. The quantitative estimate of drug-likeness (QED) is 0.639. The summed E-state index contributed by atoms with van der Waals surface area (Å²) in [4.78, 5) is 28.0. The zero-order valence-electron chi connectivity index (χ0n) is 17.0. The van der Waals surface area contributed by atoms with E-state index in [1.165, 1.54) is 12.8 Å². The molecule has 152 valence electrons. The van der Waals surface area contributed by atoms with E-state index in [0.29, 0.717) is 12.2 Å². The lowest BCUT2D eigenvalue weighted by Gasteiger charge is -2.24. The molecule has 0 bridgehead atoms. The molecule has 29 heavy (non-hydrogen) atoms. The summed E-state index contributed by atoms with van der Waals surface area (Å²) in [6.07, 6.45) is 4.41. The molecule has 0 unspecified atom stereocenters. The first-order chi connectivity index (χ1) is 14.1. The highest BCUT2D eigenvalue weighted by molar-refractivity contribution is 7.17. The molecule has 0 spiro atoms. The van der Waals surface area contributed by atoms with E-state index < -0.39 is 0 Å². The molecule has 5 nitrogen and oxygen atoms in total. The van der Waals surface area contributed by atoms with Gasteiger partial charge in [-0.25, -0.2) is 0 Å². The molecule has 1 aliphatic rings. The zero-order valence-corrected chi connectivity index (χ0v) is 17.8. The number of nitrogens with zero attached hydrogens (tertiary/aromatic N) is 2. The van der Waals surface area contributed by atoms with Crippen LogP contribution >= 0.6 is 11.3 Å². The monoisotopic (exact) mass is 409 g/mol. The first kappa shape index (κ1) is 19.7. The number of fused-ring (bicyclic) bond motifs is 1. The van der Waals surface area contributed by atoms with Gasteiger partial charge >= 0.3 is 0 Å². The van der Waals surface area contributed by atoms with Crippen LogP contribution in [0.2, 0.25) is 0 Å². The lowest BCUT2D eigenvalue weighted by molar-refractivity contribution is -0.119. The van der Waals surface area contributed by atoms with Crippen molar-refractivity contribution in [3.63, 3.8) is 0 Å². The summed E-state index contributed by atoms with van der Waals surface area (Å²) >= 11 is 1.60. The predicted octanol–water partition coefficient (Wildman–Crippen LogP) is 4.74. The van der Waals surface area contributed by atoms with Crippen molar-refractivity contribution in [3.05, 3.63) is 53.0 Å². The van der Waals surface area contributed by atoms with Crippen molar-refractivity contribution in [2.75, 3.05) is 11.4 Å². The number of para-hydroxylation sites is 1. The number of aryl methyl sites for hydroxylation is 1. The molecule has 1 aromatic carbocycles. The van der Waals surface area contributed by atoms with Gasteiger partial charge in [0.25, 0.3) is 5.91 Å². The van der Waals surface area contributed by atoms with Crippen molar-refractivity contribution in [2.24, 2.45) is 0 Å². The largest absolute Gasteiger partial charge is 0.348 e. The summed E-state index contributed by atoms with van der Waals surface area (Å²) in [6.45, 7) is 4.73. The Morgan fingerprint density at radius 3 is 2.69 bits per heavy atom. The van der Waals surface area contributed by atoms with Crippen molar-refractivity contribution >= 4 is 39.1 Å². The molecule has 1 fully saturated rings. The highest BCUT2D eigenvalue weighted by Gasteiger charge is 2.24. The lowest BCUT2D eigenvalue weighted by Crippen LogP contribution is -2.37. The van der Waals surface area contributed by atoms with Crippen molar-refractivity contribution in [1.29, 1.82) is 0 Å². The summed E-state index contributed by atoms with van der Waals surface area (Å²) in [7, 11) is 0. The van der Waals surface area contributed by atoms with Gasteiger partial charge in [0.2, 0.25) is 5.91 Å². The molecule has 1 N–H and O–H groups in total. The minimum absolute atomic E-state index is 0.0135. The molecule has 2 heterocycles. The maximum atomic E-state index is 13.3. The normalized spacial score (nSPS) is 14.4. The molecule has 1 aliphatic carbocycles. The van der Waals surface area contributed by atoms with E-state index >= 15 is 0 Å². The van der Waals surface area contributed by atoms with Gasteiger partial charge in [0.15, 0.2) is 0 Å². The van der Waals surface area contributed by atoms with Crippen LogP contribution in [0.4, 0.5) is 5.69 Å². The first-order valence-electron chi connectivity index (χ1n) is 10.3. The molecule has 1 saturated carbocycles. The fourth-order valence-corrected chi connectivity index (χ4v) is 5.06. The Bertz CT molecular complexity index is 1030.